The first-order valence-electron chi connectivity index (χ1n) is 10.2. The molecule has 0 spiro atoms. The summed E-state index contributed by atoms with van der Waals surface area (Å²) in [4.78, 5) is 17.8. The normalized spacial score (nSPS) is 13.2. The van der Waals surface area contributed by atoms with Gasteiger partial charge < -0.3 is 4.74 Å². The fourth-order valence-corrected chi connectivity index (χ4v) is 4.22. The van der Waals surface area contributed by atoms with Crippen LogP contribution in [-0.4, -0.2) is 27.2 Å². The van der Waals surface area contributed by atoms with Crippen molar-refractivity contribution in [1.29, 1.82) is 0 Å². The highest BCUT2D eigenvalue weighted by Crippen LogP contribution is 2.33. The van der Waals surface area contributed by atoms with Crippen LogP contribution >= 0.6 is 11.6 Å². The molecule has 0 aliphatic carbocycles. The largest absolute Gasteiger partial charge is 0.465 e. The summed E-state index contributed by atoms with van der Waals surface area (Å²) in [6.45, 7) is 6.04. The first-order valence-corrected chi connectivity index (χ1v) is 10.6. The molecule has 1 atom stereocenters. The van der Waals surface area contributed by atoms with Crippen molar-refractivity contribution < 1.29 is 9.53 Å². The highest BCUT2D eigenvalue weighted by Gasteiger charge is 2.39. The number of ether oxygens (including phenoxy) is 1. The Bertz CT molecular complexity index is 1240. The lowest BCUT2D eigenvalue weighted by molar-refractivity contribution is -0.149. The summed E-state index contributed by atoms with van der Waals surface area (Å²) in [5.74, 6) is -0.286. The van der Waals surface area contributed by atoms with Crippen molar-refractivity contribution in [2.75, 3.05) is 6.61 Å². The van der Waals surface area contributed by atoms with Crippen molar-refractivity contribution in [2.45, 2.75) is 32.6 Å². The molecule has 2 aromatic heterocycles. The van der Waals surface area contributed by atoms with E-state index in [0.717, 1.165) is 27.9 Å². The zero-order valence-corrected chi connectivity index (χ0v) is 18.6. The zero-order chi connectivity index (χ0) is 22.0. The molecule has 1 unspecified atom stereocenters. The van der Waals surface area contributed by atoms with E-state index >= 15 is 0 Å². The van der Waals surface area contributed by atoms with Crippen LogP contribution in [0.4, 0.5) is 0 Å². The maximum absolute atomic E-state index is 13.2. The van der Waals surface area contributed by atoms with Gasteiger partial charge in [0.1, 0.15) is 5.41 Å². The van der Waals surface area contributed by atoms with E-state index in [0.29, 0.717) is 23.7 Å². The maximum Gasteiger partial charge on any atom is 0.318 e. The Morgan fingerprint density at radius 2 is 1.90 bits per heavy atom. The molecule has 31 heavy (non-hydrogen) atoms. The summed E-state index contributed by atoms with van der Waals surface area (Å²) >= 11 is 6.14. The van der Waals surface area contributed by atoms with Gasteiger partial charge in [-0.25, -0.2) is 9.50 Å². The van der Waals surface area contributed by atoms with Gasteiger partial charge in [-0.1, -0.05) is 48.0 Å². The van der Waals surface area contributed by atoms with Crippen LogP contribution in [0.3, 0.4) is 0 Å². The summed E-state index contributed by atoms with van der Waals surface area (Å²) < 4.78 is 7.24. The number of fused-ring (bicyclic) bond motifs is 1. The molecule has 0 radical (unpaired) electrons. The highest BCUT2D eigenvalue weighted by molar-refractivity contribution is 6.30. The van der Waals surface area contributed by atoms with Crippen LogP contribution < -0.4 is 0 Å². The number of benzene rings is 2. The highest BCUT2D eigenvalue weighted by atomic mass is 35.5. The van der Waals surface area contributed by atoms with Crippen molar-refractivity contribution in [2.24, 2.45) is 0 Å². The first kappa shape index (κ1) is 21.1. The van der Waals surface area contributed by atoms with E-state index in [2.05, 4.69) is 10.1 Å². The summed E-state index contributed by atoms with van der Waals surface area (Å²) in [7, 11) is 0. The smallest absolute Gasteiger partial charge is 0.318 e. The fraction of sp³-hybridized carbons (Fsp3) is 0.240. The van der Waals surface area contributed by atoms with Gasteiger partial charge in [-0.3, -0.25) is 4.79 Å². The Hall–Kier alpha value is -3.18. The number of nitrogens with zero attached hydrogens (tertiary/aromatic N) is 3. The average molecular weight is 434 g/mol. The number of carbonyl (C=O) groups excluding carboxylic acids is 1. The Labute approximate surface area is 186 Å². The lowest BCUT2D eigenvalue weighted by Crippen LogP contribution is -2.38. The van der Waals surface area contributed by atoms with E-state index in [9.17, 15) is 4.79 Å². The van der Waals surface area contributed by atoms with E-state index < -0.39 is 5.41 Å². The summed E-state index contributed by atoms with van der Waals surface area (Å²) in [6.07, 6.45) is 4.00. The minimum absolute atomic E-state index is 0.286. The number of esters is 1. The maximum atomic E-state index is 13.2. The molecule has 4 aromatic rings. The fourth-order valence-electron chi connectivity index (χ4n) is 3.99. The molecule has 0 fully saturated rings. The molecule has 6 heteroatoms. The number of rotatable bonds is 6. The molecule has 5 nitrogen and oxygen atoms in total. The Morgan fingerprint density at radius 3 is 2.61 bits per heavy atom. The Morgan fingerprint density at radius 1 is 1.13 bits per heavy atom. The lowest BCUT2D eigenvalue weighted by atomic mass is 9.80. The number of hydrogen-bond donors (Lipinski definition) is 0. The van der Waals surface area contributed by atoms with Crippen molar-refractivity contribution >= 4 is 23.2 Å². The van der Waals surface area contributed by atoms with Crippen molar-refractivity contribution in [3.63, 3.8) is 0 Å². The third-order valence-electron chi connectivity index (χ3n) is 5.57. The van der Waals surface area contributed by atoms with Gasteiger partial charge in [0.2, 0.25) is 0 Å². The number of aromatic nitrogens is 3. The van der Waals surface area contributed by atoms with Crippen molar-refractivity contribution in [1.82, 2.24) is 14.6 Å². The van der Waals surface area contributed by atoms with Crippen LogP contribution in [0, 0.1) is 6.92 Å². The van der Waals surface area contributed by atoms with E-state index in [1.807, 2.05) is 75.4 Å². The molecular weight excluding hydrogens is 410 g/mol. The van der Waals surface area contributed by atoms with Crippen LogP contribution in [0.2, 0.25) is 5.02 Å². The Kier molecular flexibility index (Phi) is 5.79. The van der Waals surface area contributed by atoms with E-state index in [1.165, 1.54) is 0 Å². The predicted molar refractivity (Wildman–Crippen MR) is 122 cm³/mol. The molecule has 0 saturated heterocycles. The molecule has 0 bridgehead atoms. The van der Waals surface area contributed by atoms with E-state index in [1.54, 1.807) is 16.9 Å². The van der Waals surface area contributed by atoms with Gasteiger partial charge in [0.25, 0.3) is 0 Å². The quantitative estimate of drug-likeness (QED) is 0.381. The minimum atomic E-state index is -0.934. The number of hydrogen-bond acceptors (Lipinski definition) is 4. The molecule has 2 aromatic carbocycles. The number of carbonyl (C=O) groups is 1. The van der Waals surface area contributed by atoms with Gasteiger partial charge in [0, 0.05) is 16.8 Å². The standard InChI is InChI=1S/C25H24ClN3O2/c1-4-31-24(30)25(3,15-18-8-6-5-7-9-18)22-12-13-27-23-21(16-28-29(22)23)20-11-10-19(26)14-17(20)2/h5-14,16H,4,15H2,1-3H3. The molecule has 0 amide bonds. The molecule has 158 valence electrons. The second-order valence-corrected chi connectivity index (χ2v) is 8.23. The summed E-state index contributed by atoms with van der Waals surface area (Å²) in [6, 6.07) is 17.5. The van der Waals surface area contributed by atoms with Gasteiger partial charge in [0.15, 0.2) is 5.65 Å². The number of halogens is 1. The summed E-state index contributed by atoms with van der Waals surface area (Å²) in [5.41, 5.74) is 4.46. The van der Waals surface area contributed by atoms with E-state index in [4.69, 9.17) is 16.3 Å². The Balaban J connectivity index is 1.88. The number of aryl methyl sites for hydroxylation is 1. The molecular formula is C25H24ClN3O2. The van der Waals surface area contributed by atoms with E-state index in [-0.39, 0.29) is 5.97 Å². The minimum Gasteiger partial charge on any atom is -0.465 e. The van der Waals surface area contributed by atoms with Gasteiger partial charge >= 0.3 is 5.97 Å². The second-order valence-electron chi connectivity index (χ2n) is 7.80. The predicted octanol–water partition coefficient (Wildman–Crippen LogP) is 5.42. The third kappa shape index (κ3) is 3.93. The van der Waals surface area contributed by atoms with Crippen LogP contribution in [0.25, 0.3) is 16.8 Å². The lowest BCUT2D eigenvalue weighted by Gasteiger charge is -2.28. The van der Waals surface area contributed by atoms with Gasteiger partial charge in [0.05, 0.1) is 18.5 Å². The van der Waals surface area contributed by atoms with Crippen molar-refractivity contribution in [3.8, 4) is 11.1 Å². The van der Waals surface area contributed by atoms with Crippen LogP contribution in [0.5, 0.6) is 0 Å². The van der Waals surface area contributed by atoms with Gasteiger partial charge in [-0.15, -0.1) is 0 Å². The third-order valence-corrected chi connectivity index (χ3v) is 5.81. The SMILES string of the molecule is CCOC(=O)C(C)(Cc1ccccc1)c1ccnc2c(-c3ccc(Cl)cc3C)cnn12. The summed E-state index contributed by atoms with van der Waals surface area (Å²) in [5, 5.41) is 5.31. The first-order chi connectivity index (χ1) is 14.9. The second kappa shape index (κ2) is 8.52. The monoisotopic (exact) mass is 433 g/mol. The average Bonchev–Trinajstić information content (AvgIpc) is 3.18. The molecule has 0 N–H and O–H groups in total. The van der Waals surface area contributed by atoms with Crippen molar-refractivity contribution in [3.05, 3.63) is 88.8 Å². The van der Waals surface area contributed by atoms with Crippen LogP contribution in [0.1, 0.15) is 30.7 Å². The molecule has 0 saturated carbocycles. The molecule has 4 rings (SSSR count). The van der Waals surface area contributed by atoms with Crippen LogP contribution in [-0.2, 0) is 21.4 Å². The van der Waals surface area contributed by atoms with Gasteiger partial charge in [-0.2, -0.15) is 5.10 Å². The molecule has 0 aliphatic rings. The molecule has 0 aliphatic heterocycles. The zero-order valence-electron chi connectivity index (χ0n) is 17.8. The topological polar surface area (TPSA) is 56.5 Å². The molecule has 2 heterocycles. The van der Waals surface area contributed by atoms with Gasteiger partial charge in [-0.05, 0) is 62.1 Å². The van der Waals surface area contributed by atoms with Crippen LogP contribution in [0.15, 0.2) is 67.0 Å².